The number of nitrogens with zero attached hydrogens (tertiary/aromatic N) is 3. The third-order valence-electron chi connectivity index (χ3n) is 7.68. The molecule has 234 valence electrons. The van der Waals surface area contributed by atoms with Gasteiger partial charge in [0.15, 0.2) is 11.5 Å². The molecule has 3 N–H and O–H groups in total. The number of ketones is 1. The van der Waals surface area contributed by atoms with Crippen molar-refractivity contribution in [2.45, 2.75) is 42.4 Å². The number of halogens is 6. The van der Waals surface area contributed by atoms with E-state index >= 15 is 0 Å². The van der Waals surface area contributed by atoms with Gasteiger partial charge in [-0.05, 0) is 54.3 Å². The van der Waals surface area contributed by atoms with Crippen molar-refractivity contribution in [3.05, 3.63) is 100 Å². The maximum absolute atomic E-state index is 14.3. The lowest BCUT2D eigenvalue weighted by atomic mass is 9.95. The molecular formula is C29H21F6N5O4S. The number of nitrogens with one attached hydrogen (secondary N) is 1. The Labute approximate surface area is 251 Å². The maximum atomic E-state index is 14.3. The maximum Gasteiger partial charge on any atom is 0.433 e. The lowest BCUT2D eigenvalue weighted by Gasteiger charge is -2.22. The Bertz CT molecular complexity index is 1970. The number of carbonyl (C=O) groups excluding carboxylic acids is 2. The third-order valence-corrected chi connectivity index (χ3v) is 8.61. The van der Waals surface area contributed by atoms with Crippen molar-refractivity contribution in [3.8, 4) is 11.1 Å². The number of aromatic nitrogens is 3. The molecule has 0 radical (unpaired) electrons. The summed E-state index contributed by atoms with van der Waals surface area (Å²) in [7, 11) is -4.50. The Kier molecular flexibility index (Phi) is 7.31. The van der Waals surface area contributed by atoms with E-state index in [0.29, 0.717) is 17.2 Å². The Balaban J connectivity index is 1.39. The first kappa shape index (κ1) is 30.5. The number of amides is 1. The van der Waals surface area contributed by atoms with Crippen LogP contribution in [0.1, 0.15) is 51.4 Å². The Hall–Kier alpha value is -4.57. The summed E-state index contributed by atoms with van der Waals surface area (Å²) in [6.45, 7) is -0.963. The fourth-order valence-electron chi connectivity index (χ4n) is 5.74. The van der Waals surface area contributed by atoms with Gasteiger partial charge in [0, 0.05) is 29.7 Å². The molecule has 1 fully saturated rings. The normalized spacial score (nSPS) is 18.0. The van der Waals surface area contributed by atoms with Gasteiger partial charge in [-0.3, -0.25) is 14.6 Å². The van der Waals surface area contributed by atoms with Crippen molar-refractivity contribution in [2.75, 3.05) is 0 Å². The van der Waals surface area contributed by atoms with E-state index in [1.807, 2.05) is 0 Å². The monoisotopic (exact) mass is 649 g/mol. The summed E-state index contributed by atoms with van der Waals surface area (Å²) in [6, 6.07) is 7.24. The minimum absolute atomic E-state index is 0.00843. The zero-order valence-electron chi connectivity index (χ0n) is 22.8. The van der Waals surface area contributed by atoms with Gasteiger partial charge in [0.1, 0.15) is 28.9 Å². The molecular weight excluding hydrogens is 628 g/mol. The van der Waals surface area contributed by atoms with Crippen LogP contribution in [0.3, 0.4) is 0 Å². The highest BCUT2D eigenvalue weighted by molar-refractivity contribution is 7.89. The van der Waals surface area contributed by atoms with Gasteiger partial charge in [-0.15, -0.1) is 0 Å². The number of carbonyl (C=O) groups is 2. The van der Waals surface area contributed by atoms with Crippen LogP contribution in [-0.4, -0.2) is 34.9 Å². The largest absolute Gasteiger partial charge is 0.433 e. The van der Waals surface area contributed by atoms with Gasteiger partial charge in [0.2, 0.25) is 15.9 Å². The number of pyridine rings is 1. The first-order chi connectivity index (χ1) is 21.1. The zero-order valence-corrected chi connectivity index (χ0v) is 23.6. The van der Waals surface area contributed by atoms with Crippen LogP contribution >= 0.6 is 0 Å². The predicted molar refractivity (Wildman–Crippen MR) is 144 cm³/mol. The summed E-state index contributed by atoms with van der Waals surface area (Å²) >= 11 is 0. The molecule has 0 bridgehead atoms. The second-order valence-electron chi connectivity index (χ2n) is 10.8. The van der Waals surface area contributed by atoms with E-state index in [2.05, 4.69) is 15.4 Å². The number of sulfonamides is 1. The van der Waals surface area contributed by atoms with Gasteiger partial charge in [0.05, 0.1) is 23.0 Å². The average molecular weight is 650 g/mol. The van der Waals surface area contributed by atoms with E-state index in [9.17, 15) is 44.3 Å². The number of hydrogen-bond donors (Lipinski definition) is 2. The van der Waals surface area contributed by atoms with Crippen molar-refractivity contribution < 1.29 is 44.3 Å². The van der Waals surface area contributed by atoms with Gasteiger partial charge >= 0.3 is 6.18 Å². The fraction of sp³-hybridized carbons (Fsp3) is 0.241. The topological polar surface area (TPSA) is 137 Å². The molecule has 2 aliphatic carbocycles. The fourth-order valence-corrected chi connectivity index (χ4v) is 6.37. The minimum Gasteiger partial charge on any atom is -0.346 e. The molecule has 4 aromatic rings. The van der Waals surface area contributed by atoms with Crippen molar-refractivity contribution >= 4 is 21.7 Å². The number of rotatable bonds is 8. The molecule has 2 aromatic heterocycles. The van der Waals surface area contributed by atoms with E-state index in [1.54, 1.807) is 0 Å². The number of hydrogen-bond acceptors (Lipinski definition) is 6. The van der Waals surface area contributed by atoms with Crippen LogP contribution in [0.15, 0.2) is 59.6 Å². The molecule has 1 saturated carbocycles. The first-order valence-electron chi connectivity index (χ1n) is 13.4. The van der Waals surface area contributed by atoms with Crippen LogP contribution in [0.4, 0.5) is 26.3 Å². The highest BCUT2D eigenvalue weighted by Gasteiger charge is 2.58. The van der Waals surface area contributed by atoms with Gasteiger partial charge < -0.3 is 5.32 Å². The van der Waals surface area contributed by atoms with E-state index in [4.69, 9.17) is 5.14 Å². The van der Waals surface area contributed by atoms with E-state index in [0.717, 1.165) is 24.3 Å². The van der Waals surface area contributed by atoms with E-state index in [-0.39, 0.29) is 34.5 Å². The molecule has 16 heteroatoms. The van der Waals surface area contributed by atoms with Gasteiger partial charge in [0.25, 0.3) is 0 Å². The molecule has 0 aliphatic heterocycles. The summed E-state index contributed by atoms with van der Waals surface area (Å²) in [4.78, 5) is 29.3. The smallest absolute Gasteiger partial charge is 0.346 e. The molecule has 9 nitrogen and oxygen atoms in total. The van der Waals surface area contributed by atoms with Crippen molar-refractivity contribution in [1.82, 2.24) is 20.1 Å². The average Bonchev–Trinajstić information content (AvgIpc) is 3.57. The van der Waals surface area contributed by atoms with Crippen molar-refractivity contribution in [3.63, 3.8) is 0 Å². The highest BCUT2D eigenvalue weighted by atomic mass is 32.2. The summed E-state index contributed by atoms with van der Waals surface area (Å²) in [5.41, 5.74) is -1.59. The lowest BCUT2D eigenvalue weighted by molar-refractivity contribution is -0.145. The predicted octanol–water partition coefficient (Wildman–Crippen LogP) is 4.43. The van der Waals surface area contributed by atoms with Crippen molar-refractivity contribution in [1.29, 1.82) is 0 Å². The zero-order chi connectivity index (χ0) is 32.4. The number of Topliss-reactive ketones (excluding diaryl/α,β-unsaturated/α-hetero) is 1. The summed E-state index contributed by atoms with van der Waals surface area (Å²) in [5, 5.41) is 11.6. The molecule has 2 aromatic carbocycles. The SMILES string of the molecule is NS(=O)(=O)c1cc(-c2cccnc2[C@H](Cc2cc(F)cc(F)c2)NC(=O)Cn2nc3c(c2C(F)(F)F)C(=O)C2CC32)ccc1F. The molecule has 45 heavy (non-hydrogen) atoms. The second-order valence-corrected chi connectivity index (χ2v) is 12.3. The van der Waals surface area contributed by atoms with Gasteiger partial charge in [-0.1, -0.05) is 12.1 Å². The summed E-state index contributed by atoms with van der Waals surface area (Å²) in [5.74, 6) is -5.64. The molecule has 2 aliphatic rings. The van der Waals surface area contributed by atoms with Gasteiger partial charge in [-0.25, -0.2) is 31.4 Å². The second kappa shape index (κ2) is 10.8. The number of nitrogens with two attached hydrogens (primary N) is 1. The lowest BCUT2D eigenvalue weighted by Crippen LogP contribution is -2.35. The van der Waals surface area contributed by atoms with E-state index in [1.165, 1.54) is 24.4 Å². The third kappa shape index (κ3) is 5.82. The number of primary sulfonamides is 1. The van der Waals surface area contributed by atoms with Crippen LogP contribution in [0.25, 0.3) is 11.1 Å². The molecule has 2 unspecified atom stereocenters. The molecule has 6 rings (SSSR count). The molecule has 2 heterocycles. The number of benzene rings is 2. The minimum atomic E-state index is -5.00. The summed E-state index contributed by atoms with van der Waals surface area (Å²) in [6.07, 6.45) is -3.63. The molecule has 0 saturated heterocycles. The Morgan fingerprint density at radius 1 is 1.07 bits per heavy atom. The standard InChI is InChI=1S/C29H21F6N5O4S/c30-15-6-13(7-16(31)10-15)8-21(25-17(2-1-5-37-25)14-3-4-20(32)22(9-14)45(36,43)44)38-23(41)12-40-28(29(33,34)35)24-26(39-40)18-11-19(18)27(24)42/h1-7,9-10,18-19,21H,8,11-12H2,(H,38,41)(H2,36,43,44)/t18?,19?,21-/m0/s1. The molecule has 3 atom stereocenters. The van der Waals surface area contributed by atoms with Crippen LogP contribution in [-0.2, 0) is 34.0 Å². The molecule has 0 spiro atoms. The van der Waals surface area contributed by atoms with Gasteiger partial charge in [-0.2, -0.15) is 18.3 Å². The number of alkyl halides is 3. The van der Waals surface area contributed by atoms with Crippen LogP contribution in [0.5, 0.6) is 0 Å². The Morgan fingerprint density at radius 3 is 2.44 bits per heavy atom. The highest BCUT2D eigenvalue weighted by Crippen LogP contribution is 2.57. The van der Waals surface area contributed by atoms with Crippen molar-refractivity contribution in [2.24, 2.45) is 11.1 Å². The molecule has 1 amide bonds. The quantitative estimate of drug-likeness (QED) is 0.271. The van der Waals surface area contributed by atoms with E-state index < -0.39 is 85.9 Å². The summed E-state index contributed by atoms with van der Waals surface area (Å²) < 4.78 is 109. The van der Waals surface area contributed by atoms with Crippen LogP contribution < -0.4 is 10.5 Å². The number of fused-ring (bicyclic) bond motifs is 3. The first-order valence-corrected chi connectivity index (χ1v) is 14.9. The Morgan fingerprint density at radius 2 is 1.78 bits per heavy atom. The van der Waals surface area contributed by atoms with Crippen LogP contribution in [0.2, 0.25) is 0 Å². The van der Waals surface area contributed by atoms with Crippen LogP contribution in [0, 0.1) is 23.4 Å².